The molecule has 6 nitrogen and oxygen atoms in total. The summed E-state index contributed by atoms with van der Waals surface area (Å²) in [5.74, 6) is 1.45. The lowest BCUT2D eigenvalue weighted by Crippen LogP contribution is -2.18. The average molecular weight is 401 g/mol. The van der Waals surface area contributed by atoms with E-state index >= 15 is 0 Å². The first kappa shape index (κ1) is 19.5. The number of carbonyl (C=O) groups excluding carboxylic acids is 1. The molecule has 0 bridgehead atoms. The van der Waals surface area contributed by atoms with Gasteiger partial charge in [-0.05, 0) is 43.7 Å². The Morgan fingerprint density at radius 1 is 1.03 bits per heavy atom. The fourth-order valence-electron chi connectivity index (χ4n) is 3.62. The van der Waals surface area contributed by atoms with Crippen molar-refractivity contribution in [3.63, 3.8) is 0 Å². The van der Waals surface area contributed by atoms with Gasteiger partial charge in [-0.1, -0.05) is 30.3 Å². The molecular formula is C24H23N3O3. The maximum atomic E-state index is 13.0. The molecule has 0 aliphatic carbocycles. The van der Waals surface area contributed by atoms with Crippen LogP contribution < -0.4 is 14.8 Å². The number of ether oxygens (including phenoxy) is 2. The minimum absolute atomic E-state index is 0.161. The Kier molecular flexibility index (Phi) is 5.39. The molecule has 0 saturated heterocycles. The summed E-state index contributed by atoms with van der Waals surface area (Å²) < 4.78 is 13.1. The number of nitrogens with zero attached hydrogens (tertiary/aromatic N) is 2. The lowest BCUT2D eigenvalue weighted by molar-refractivity contribution is 0.101. The molecule has 30 heavy (non-hydrogen) atoms. The third kappa shape index (κ3) is 3.59. The summed E-state index contributed by atoms with van der Waals surface area (Å²) in [4.78, 5) is 17.3. The van der Waals surface area contributed by atoms with E-state index in [0.29, 0.717) is 35.3 Å². The standard InChI is InChI=1S/C24H23N3O3/c1-4-27-19-10-6-5-9-18(19)16(2)23(27)24(28)26-17-13-14-22(25-15-17)30-21-12-8-7-11-20(21)29-3/h5-15H,4H2,1-3H3,(H,26,28). The average Bonchev–Trinajstić information content (AvgIpc) is 3.07. The number of methoxy groups -OCH3 is 1. The minimum Gasteiger partial charge on any atom is -0.493 e. The van der Waals surface area contributed by atoms with Gasteiger partial charge in [0.25, 0.3) is 5.91 Å². The van der Waals surface area contributed by atoms with Crippen molar-refractivity contribution < 1.29 is 14.3 Å². The van der Waals surface area contributed by atoms with Crippen LogP contribution in [0.15, 0.2) is 66.9 Å². The van der Waals surface area contributed by atoms with Gasteiger partial charge in [0.05, 0.1) is 19.0 Å². The van der Waals surface area contributed by atoms with Gasteiger partial charge in [-0.15, -0.1) is 0 Å². The maximum Gasteiger partial charge on any atom is 0.272 e. The molecule has 1 N–H and O–H groups in total. The zero-order valence-electron chi connectivity index (χ0n) is 17.2. The van der Waals surface area contributed by atoms with Gasteiger partial charge in [0.1, 0.15) is 5.69 Å². The number of hydrogen-bond acceptors (Lipinski definition) is 4. The van der Waals surface area contributed by atoms with Crippen molar-refractivity contribution in [3.05, 3.63) is 78.1 Å². The number of benzene rings is 2. The molecule has 6 heteroatoms. The molecule has 2 aromatic heterocycles. The second-order valence-corrected chi connectivity index (χ2v) is 6.83. The number of para-hydroxylation sites is 3. The maximum absolute atomic E-state index is 13.0. The summed E-state index contributed by atoms with van der Waals surface area (Å²) in [5, 5.41) is 4.03. The van der Waals surface area contributed by atoms with Crippen LogP contribution in [0.2, 0.25) is 0 Å². The summed E-state index contributed by atoms with van der Waals surface area (Å²) >= 11 is 0. The molecule has 1 amide bonds. The van der Waals surface area contributed by atoms with Gasteiger partial charge in [0.15, 0.2) is 11.5 Å². The molecule has 0 unspecified atom stereocenters. The van der Waals surface area contributed by atoms with E-state index in [1.807, 2.05) is 66.9 Å². The summed E-state index contributed by atoms with van der Waals surface area (Å²) in [5.41, 5.74) is 3.28. The SMILES string of the molecule is CCn1c(C(=O)Nc2ccc(Oc3ccccc3OC)nc2)c(C)c2ccccc21. The largest absolute Gasteiger partial charge is 0.493 e. The highest BCUT2D eigenvalue weighted by Crippen LogP contribution is 2.30. The predicted molar refractivity (Wildman–Crippen MR) is 118 cm³/mol. The predicted octanol–water partition coefficient (Wildman–Crippen LogP) is 5.42. The van der Waals surface area contributed by atoms with Crippen LogP contribution in [0.25, 0.3) is 10.9 Å². The fraction of sp³-hybridized carbons (Fsp3) is 0.167. The van der Waals surface area contributed by atoms with E-state index in [0.717, 1.165) is 16.5 Å². The molecule has 0 aliphatic rings. The van der Waals surface area contributed by atoms with Gasteiger partial charge in [0, 0.05) is 23.5 Å². The Morgan fingerprint density at radius 3 is 2.47 bits per heavy atom. The highest BCUT2D eigenvalue weighted by molar-refractivity contribution is 6.08. The second kappa shape index (κ2) is 8.29. The molecule has 2 aromatic carbocycles. The number of fused-ring (bicyclic) bond motifs is 1. The number of hydrogen-bond donors (Lipinski definition) is 1. The molecule has 0 spiro atoms. The van der Waals surface area contributed by atoms with E-state index in [-0.39, 0.29) is 5.91 Å². The van der Waals surface area contributed by atoms with Gasteiger partial charge in [-0.2, -0.15) is 0 Å². The van der Waals surface area contributed by atoms with Crippen molar-refractivity contribution in [2.24, 2.45) is 0 Å². The third-order valence-corrected chi connectivity index (χ3v) is 5.03. The van der Waals surface area contributed by atoms with Crippen molar-refractivity contribution in [2.75, 3.05) is 12.4 Å². The number of aromatic nitrogens is 2. The van der Waals surface area contributed by atoms with Crippen molar-refractivity contribution >= 4 is 22.5 Å². The Morgan fingerprint density at radius 2 is 1.77 bits per heavy atom. The van der Waals surface area contributed by atoms with E-state index in [2.05, 4.69) is 10.3 Å². The second-order valence-electron chi connectivity index (χ2n) is 6.83. The fourth-order valence-corrected chi connectivity index (χ4v) is 3.62. The quantitative estimate of drug-likeness (QED) is 0.469. The van der Waals surface area contributed by atoms with Crippen molar-refractivity contribution in [2.45, 2.75) is 20.4 Å². The molecule has 152 valence electrons. The summed E-state index contributed by atoms with van der Waals surface area (Å²) in [6, 6.07) is 18.9. The van der Waals surface area contributed by atoms with E-state index in [4.69, 9.17) is 9.47 Å². The number of nitrogens with one attached hydrogen (secondary N) is 1. The van der Waals surface area contributed by atoms with E-state index in [1.54, 1.807) is 25.4 Å². The van der Waals surface area contributed by atoms with Crippen LogP contribution >= 0.6 is 0 Å². The molecule has 4 rings (SSSR count). The number of anilines is 1. The van der Waals surface area contributed by atoms with E-state index in [9.17, 15) is 4.79 Å². The Hall–Kier alpha value is -3.80. The molecule has 0 radical (unpaired) electrons. The first-order valence-electron chi connectivity index (χ1n) is 9.78. The van der Waals surface area contributed by atoms with Gasteiger partial charge in [-0.3, -0.25) is 4.79 Å². The van der Waals surface area contributed by atoms with Crippen LogP contribution in [0.5, 0.6) is 17.4 Å². The minimum atomic E-state index is -0.161. The first-order valence-corrected chi connectivity index (χ1v) is 9.78. The van der Waals surface area contributed by atoms with Crippen LogP contribution in [-0.2, 0) is 6.54 Å². The van der Waals surface area contributed by atoms with Gasteiger partial charge in [0.2, 0.25) is 5.88 Å². The molecular weight excluding hydrogens is 378 g/mol. The topological polar surface area (TPSA) is 65.4 Å². The number of amides is 1. The van der Waals surface area contributed by atoms with Crippen LogP contribution in [0.1, 0.15) is 23.0 Å². The lowest BCUT2D eigenvalue weighted by atomic mass is 10.1. The van der Waals surface area contributed by atoms with Gasteiger partial charge in [-0.25, -0.2) is 4.98 Å². The van der Waals surface area contributed by atoms with Gasteiger partial charge < -0.3 is 19.4 Å². The molecule has 0 saturated carbocycles. The number of rotatable bonds is 6. The zero-order valence-corrected chi connectivity index (χ0v) is 17.2. The van der Waals surface area contributed by atoms with Gasteiger partial charge >= 0.3 is 0 Å². The number of aryl methyl sites for hydroxylation is 2. The smallest absolute Gasteiger partial charge is 0.272 e. The monoisotopic (exact) mass is 401 g/mol. The highest BCUT2D eigenvalue weighted by atomic mass is 16.5. The van der Waals surface area contributed by atoms with Crippen molar-refractivity contribution in [1.29, 1.82) is 0 Å². The normalized spacial score (nSPS) is 10.8. The Bertz CT molecular complexity index is 1200. The van der Waals surface area contributed by atoms with Crippen molar-refractivity contribution in [1.82, 2.24) is 9.55 Å². The molecule has 0 fully saturated rings. The first-order chi connectivity index (χ1) is 14.6. The van der Waals surface area contributed by atoms with Crippen LogP contribution in [0.3, 0.4) is 0 Å². The third-order valence-electron chi connectivity index (χ3n) is 5.03. The van der Waals surface area contributed by atoms with Crippen LogP contribution in [0, 0.1) is 6.92 Å². The zero-order chi connectivity index (χ0) is 21.1. The molecule has 0 atom stereocenters. The molecule has 2 heterocycles. The highest BCUT2D eigenvalue weighted by Gasteiger charge is 2.19. The van der Waals surface area contributed by atoms with E-state index in [1.165, 1.54) is 0 Å². The number of carbonyl (C=O) groups is 1. The lowest BCUT2D eigenvalue weighted by Gasteiger charge is -2.11. The summed E-state index contributed by atoms with van der Waals surface area (Å²) in [7, 11) is 1.59. The van der Waals surface area contributed by atoms with Crippen LogP contribution in [-0.4, -0.2) is 22.6 Å². The summed E-state index contributed by atoms with van der Waals surface area (Å²) in [6.45, 7) is 4.72. The molecule has 4 aromatic rings. The van der Waals surface area contributed by atoms with Crippen molar-refractivity contribution in [3.8, 4) is 17.4 Å². The van der Waals surface area contributed by atoms with E-state index < -0.39 is 0 Å². The van der Waals surface area contributed by atoms with Crippen LogP contribution in [0.4, 0.5) is 5.69 Å². The molecule has 0 aliphatic heterocycles. The Labute approximate surface area is 175 Å². The summed E-state index contributed by atoms with van der Waals surface area (Å²) in [6.07, 6.45) is 1.58. The number of pyridine rings is 1. The Balaban J connectivity index is 1.55.